The van der Waals surface area contributed by atoms with Crippen LogP contribution >= 0.6 is 11.3 Å². The maximum absolute atomic E-state index is 11.0. The Morgan fingerprint density at radius 1 is 1.08 bits per heavy atom. The number of nitrogens with one attached hydrogen (secondary N) is 2. The molecule has 4 nitrogen and oxygen atoms in total. The zero-order valence-electron chi connectivity index (χ0n) is 14.7. The van der Waals surface area contributed by atoms with Crippen LogP contribution in [0.5, 0.6) is 5.75 Å². The normalized spacial score (nSPS) is 12.2. The summed E-state index contributed by atoms with van der Waals surface area (Å²) in [6, 6.07) is 15.8. The van der Waals surface area contributed by atoms with Crippen molar-refractivity contribution in [2.45, 2.75) is 19.9 Å². The summed E-state index contributed by atoms with van der Waals surface area (Å²) in [6.45, 7) is 4.03. The monoisotopic (exact) mass is 362 g/mol. The summed E-state index contributed by atoms with van der Waals surface area (Å²) in [5, 5.41) is 17.5. The van der Waals surface area contributed by atoms with Gasteiger partial charge in [-0.2, -0.15) is 0 Å². The Bertz CT molecular complexity index is 1060. The number of aromatic hydroxyl groups is 1. The average molecular weight is 362 g/mol. The summed E-state index contributed by atoms with van der Waals surface area (Å²) in [7, 11) is 0. The van der Waals surface area contributed by atoms with Crippen molar-refractivity contribution in [1.29, 1.82) is 0 Å². The summed E-state index contributed by atoms with van der Waals surface area (Å²) < 4.78 is 0. The molecule has 0 saturated carbocycles. The number of aromatic amines is 1. The lowest BCUT2D eigenvalue weighted by atomic mass is 9.99. The molecule has 26 heavy (non-hydrogen) atoms. The lowest BCUT2D eigenvalue weighted by molar-refractivity contribution is -0.361. The topological polar surface area (TPSA) is 59.3 Å². The molecule has 0 aliphatic heterocycles. The molecule has 0 saturated heterocycles. The van der Waals surface area contributed by atoms with Crippen LogP contribution in [0.1, 0.15) is 27.7 Å². The van der Waals surface area contributed by atoms with Gasteiger partial charge in [0.15, 0.2) is 6.04 Å². The van der Waals surface area contributed by atoms with E-state index in [2.05, 4.69) is 33.7 Å². The minimum absolute atomic E-state index is 0.166. The van der Waals surface area contributed by atoms with Crippen molar-refractivity contribution in [1.82, 2.24) is 4.98 Å². The summed E-state index contributed by atoms with van der Waals surface area (Å²) in [5.74, 6) is 1.12. The zero-order chi connectivity index (χ0) is 18.1. The van der Waals surface area contributed by atoms with Crippen molar-refractivity contribution in [2.24, 2.45) is 0 Å². The van der Waals surface area contributed by atoms with Crippen molar-refractivity contribution < 1.29 is 10.1 Å². The fourth-order valence-electron chi connectivity index (χ4n) is 3.12. The molecule has 0 aliphatic carbocycles. The van der Waals surface area contributed by atoms with Gasteiger partial charge >= 0.3 is 0 Å². The third kappa shape index (κ3) is 3.02. The molecule has 0 aliphatic rings. The second-order valence-electron chi connectivity index (χ2n) is 6.35. The number of rotatable bonds is 4. The molecule has 0 radical (unpaired) electrons. The van der Waals surface area contributed by atoms with Gasteiger partial charge in [0.25, 0.3) is 5.82 Å². The molecule has 0 spiro atoms. The number of nitrogens with zero attached hydrogens (tertiary/aromatic N) is 1. The average Bonchev–Trinajstić information content (AvgIpc) is 3.08. The van der Waals surface area contributed by atoms with Gasteiger partial charge in [0.1, 0.15) is 11.3 Å². The van der Waals surface area contributed by atoms with Crippen molar-refractivity contribution in [3.05, 3.63) is 81.8 Å². The third-order valence-electron chi connectivity index (χ3n) is 4.49. The highest BCUT2D eigenvalue weighted by Crippen LogP contribution is 2.38. The summed E-state index contributed by atoms with van der Waals surface area (Å²) in [5.41, 5.74) is 3.54. The second-order valence-corrected chi connectivity index (χ2v) is 7.30. The Labute approximate surface area is 156 Å². The van der Waals surface area contributed by atoms with Gasteiger partial charge in [-0.3, -0.25) is 5.32 Å². The van der Waals surface area contributed by atoms with E-state index in [4.69, 9.17) is 0 Å². The third-order valence-corrected chi connectivity index (χ3v) is 5.57. The molecule has 0 amide bonds. The van der Waals surface area contributed by atoms with Crippen LogP contribution < -0.4 is 10.3 Å². The minimum Gasteiger partial charge on any atom is -0.505 e. The van der Waals surface area contributed by atoms with E-state index in [9.17, 15) is 5.11 Å². The summed E-state index contributed by atoms with van der Waals surface area (Å²) in [6.07, 6.45) is 1.88. The lowest BCUT2D eigenvalue weighted by Gasteiger charge is -2.17. The van der Waals surface area contributed by atoms with Crippen LogP contribution in [-0.4, -0.2) is 10.1 Å². The van der Waals surface area contributed by atoms with Crippen LogP contribution in [0.25, 0.3) is 10.9 Å². The number of aryl methyl sites for hydroxylation is 2. The van der Waals surface area contributed by atoms with Crippen molar-refractivity contribution in [3.8, 4) is 5.75 Å². The first-order valence-corrected chi connectivity index (χ1v) is 9.38. The number of benzene rings is 1. The Morgan fingerprint density at radius 2 is 1.92 bits per heavy atom. The molecule has 3 heterocycles. The van der Waals surface area contributed by atoms with E-state index in [-0.39, 0.29) is 11.8 Å². The van der Waals surface area contributed by atoms with E-state index >= 15 is 0 Å². The number of hydrogen-bond donors (Lipinski definition) is 2. The molecule has 0 fully saturated rings. The molecule has 1 atom stereocenters. The van der Waals surface area contributed by atoms with Crippen LogP contribution in [0.4, 0.5) is 5.82 Å². The second kappa shape index (κ2) is 6.77. The highest BCUT2D eigenvalue weighted by atomic mass is 32.1. The highest BCUT2D eigenvalue weighted by Gasteiger charge is 2.26. The van der Waals surface area contributed by atoms with Gasteiger partial charge < -0.3 is 5.11 Å². The Hall–Kier alpha value is -2.92. The molecule has 5 heteroatoms. The number of thiophene rings is 1. The van der Waals surface area contributed by atoms with E-state index in [0.717, 1.165) is 22.5 Å². The molecule has 130 valence electrons. The van der Waals surface area contributed by atoms with E-state index in [1.165, 1.54) is 10.4 Å². The maximum atomic E-state index is 11.0. The molecule has 0 bridgehead atoms. The first kappa shape index (κ1) is 16.5. The predicted molar refractivity (Wildman–Crippen MR) is 106 cm³/mol. The Kier molecular flexibility index (Phi) is 4.31. The van der Waals surface area contributed by atoms with Gasteiger partial charge in [0.05, 0.1) is 11.1 Å². The van der Waals surface area contributed by atoms with Crippen LogP contribution in [0, 0.1) is 13.8 Å². The molecule has 1 aromatic carbocycles. The molecule has 3 aromatic heterocycles. The molecule has 4 rings (SSSR count). The van der Waals surface area contributed by atoms with Gasteiger partial charge in [-0.25, -0.2) is 9.97 Å². The number of fused-ring (bicyclic) bond motifs is 1. The number of hydrogen-bond acceptors (Lipinski definition) is 4. The van der Waals surface area contributed by atoms with Crippen LogP contribution in [0.15, 0.2) is 60.1 Å². The van der Waals surface area contributed by atoms with Gasteiger partial charge in [0.2, 0.25) is 0 Å². The van der Waals surface area contributed by atoms with E-state index in [1.807, 2.05) is 55.6 Å². The predicted octanol–water partition coefficient (Wildman–Crippen LogP) is 4.63. The van der Waals surface area contributed by atoms with E-state index in [1.54, 1.807) is 11.3 Å². The molecule has 4 aromatic rings. The van der Waals surface area contributed by atoms with Crippen LogP contribution in [-0.2, 0) is 0 Å². The van der Waals surface area contributed by atoms with E-state index in [0.29, 0.717) is 5.52 Å². The SMILES string of the molecule is Cc1ccc2ccc([C@@H](Nc3cccc[nH+]3)c3sccc3C)c(O)c2n1. The van der Waals surface area contributed by atoms with Gasteiger partial charge in [0, 0.05) is 22.7 Å². The zero-order valence-corrected chi connectivity index (χ0v) is 15.5. The van der Waals surface area contributed by atoms with Crippen molar-refractivity contribution in [3.63, 3.8) is 0 Å². The summed E-state index contributed by atoms with van der Waals surface area (Å²) in [4.78, 5) is 8.93. The number of phenols is 1. The van der Waals surface area contributed by atoms with Crippen LogP contribution in [0.2, 0.25) is 0 Å². The first-order chi connectivity index (χ1) is 12.6. The number of aromatic nitrogens is 2. The Balaban J connectivity index is 1.87. The number of anilines is 1. The Morgan fingerprint density at radius 3 is 2.65 bits per heavy atom. The number of pyridine rings is 2. The van der Waals surface area contributed by atoms with E-state index < -0.39 is 0 Å². The van der Waals surface area contributed by atoms with Gasteiger partial charge in [-0.1, -0.05) is 18.2 Å². The van der Waals surface area contributed by atoms with Gasteiger partial charge in [-0.05, 0) is 49.1 Å². The number of H-pyrrole nitrogens is 1. The number of phenolic OH excluding ortho intramolecular Hbond substituents is 1. The highest BCUT2D eigenvalue weighted by molar-refractivity contribution is 7.10. The molecule has 3 N–H and O–H groups in total. The molecular formula is C21H20N3OS+. The largest absolute Gasteiger partial charge is 0.505 e. The summed E-state index contributed by atoms with van der Waals surface area (Å²) >= 11 is 1.68. The molecule has 0 unspecified atom stereocenters. The standard InChI is InChI=1S/C21H19N3OS/c1-13-10-12-26-21(13)19(24-17-5-3-4-11-22-17)16-9-8-15-7-6-14(2)23-18(15)20(16)25/h3-12,19,25H,1-2H3,(H,22,24)/p+1/t19-/m1/s1. The lowest BCUT2D eigenvalue weighted by Crippen LogP contribution is -2.18. The molecular weight excluding hydrogens is 342 g/mol. The van der Waals surface area contributed by atoms with Gasteiger partial charge in [-0.15, -0.1) is 11.3 Å². The minimum atomic E-state index is -0.166. The quantitative estimate of drug-likeness (QED) is 0.556. The van der Waals surface area contributed by atoms with Crippen molar-refractivity contribution >= 4 is 28.1 Å². The van der Waals surface area contributed by atoms with Crippen molar-refractivity contribution in [2.75, 3.05) is 5.32 Å². The first-order valence-electron chi connectivity index (χ1n) is 8.50. The maximum Gasteiger partial charge on any atom is 0.272 e. The fourth-order valence-corrected chi connectivity index (χ4v) is 4.12. The fraction of sp³-hybridized carbons (Fsp3) is 0.143. The van der Waals surface area contributed by atoms with Crippen LogP contribution in [0.3, 0.4) is 0 Å². The smallest absolute Gasteiger partial charge is 0.272 e.